The molecule has 0 saturated carbocycles. The lowest BCUT2D eigenvalue weighted by atomic mass is 10.0. The molecule has 166 valence electrons. The third-order valence-corrected chi connectivity index (χ3v) is 6.37. The smallest absolute Gasteiger partial charge is 0.264 e. The minimum Gasteiger partial charge on any atom is -0.322 e. The molecule has 9 heteroatoms. The zero-order valence-corrected chi connectivity index (χ0v) is 18.6. The Bertz CT molecular complexity index is 1410. The van der Waals surface area contributed by atoms with E-state index in [1.165, 1.54) is 36.5 Å². The van der Waals surface area contributed by atoms with E-state index in [1.807, 2.05) is 30.3 Å². The lowest BCUT2D eigenvalue weighted by Gasteiger charge is -2.13. The number of hydrogen-bond acceptors (Lipinski definition) is 4. The number of benzene rings is 3. The average Bonchev–Trinajstić information content (AvgIpc) is 2.82. The average molecular weight is 482 g/mol. The van der Waals surface area contributed by atoms with Crippen LogP contribution >= 0.6 is 11.6 Å². The minimum atomic E-state index is -4.26. The van der Waals surface area contributed by atoms with Gasteiger partial charge in [-0.3, -0.25) is 14.5 Å². The monoisotopic (exact) mass is 481 g/mol. The van der Waals surface area contributed by atoms with Crippen LogP contribution < -0.4 is 10.0 Å². The molecule has 0 spiro atoms. The topological polar surface area (TPSA) is 88.2 Å². The summed E-state index contributed by atoms with van der Waals surface area (Å²) >= 11 is 5.81. The molecule has 33 heavy (non-hydrogen) atoms. The summed E-state index contributed by atoms with van der Waals surface area (Å²) in [6.45, 7) is 0. The van der Waals surface area contributed by atoms with Crippen LogP contribution in [0.25, 0.3) is 11.1 Å². The van der Waals surface area contributed by atoms with E-state index in [4.69, 9.17) is 11.6 Å². The first kappa shape index (κ1) is 22.4. The van der Waals surface area contributed by atoms with Crippen LogP contribution in [0.4, 0.5) is 15.8 Å². The van der Waals surface area contributed by atoms with Gasteiger partial charge in [0.1, 0.15) is 10.7 Å². The number of halogens is 2. The van der Waals surface area contributed by atoms with Gasteiger partial charge < -0.3 is 5.32 Å². The van der Waals surface area contributed by atoms with Crippen molar-refractivity contribution in [3.05, 3.63) is 108 Å². The number of hydrogen-bond donors (Lipinski definition) is 2. The first-order valence-electron chi connectivity index (χ1n) is 9.72. The predicted molar refractivity (Wildman–Crippen MR) is 126 cm³/mol. The maximum absolute atomic E-state index is 14.4. The number of rotatable bonds is 6. The first-order chi connectivity index (χ1) is 15.8. The fraction of sp³-hybridized carbons (Fsp3) is 0. The normalized spacial score (nSPS) is 11.1. The molecule has 0 aliphatic carbocycles. The van der Waals surface area contributed by atoms with Crippen LogP contribution in [0.2, 0.25) is 5.02 Å². The SMILES string of the molecule is O=C(Nc1ccc(F)c(S(=O)(=O)Nc2ccc(Cl)cc2)c1)c1cnccc1-c1ccccc1. The molecule has 0 aliphatic rings. The van der Waals surface area contributed by atoms with Crippen molar-refractivity contribution in [1.82, 2.24) is 4.98 Å². The molecule has 1 heterocycles. The van der Waals surface area contributed by atoms with E-state index >= 15 is 0 Å². The highest BCUT2D eigenvalue weighted by Gasteiger charge is 2.21. The maximum atomic E-state index is 14.4. The van der Waals surface area contributed by atoms with Crippen LogP contribution in [-0.2, 0) is 10.0 Å². The maximum Gasteiger partial charge on any atom is 0.264 e. The standard InChI is InChI=1S/C24H17ClFN3O3S/c25-17-6-8-18(9-7-17)29-33(31,32)23-14-19(10-11-22(23)26)28-24(30)21-15-27-13-12-20(21)16-4-2-1-3-5-16/h1-15,29H,(H,28,30). The number of amides is 1. The van der Waals surface area contributed by atoms with Crippen molar-refractivity contribution in [2.45, 2.75) is 4.90 Å². The molecule has 1 aromatic heterocycles. The Labute approximate surface area is 195 Å². The largest absolute Gasteiger partial charge is 0.322 e. The van der Waals surface area contributed by atoms with Gasteiger partial charge in [-0.25, -0.2) is 12.8 Å². The summed E-state index contributed by atoms with van der Waals surface area (Å²) in [7, 11) is -4.26. The minimum absolute atomic E-state index is 0.112. The van der Waals surface area contributed by atoms with Gasteiger partial charge >= 0.3 is 0 Å². The van der Waals surface area contributed by atoms with E-state index < -0.39 is 26.6 Å². The zero-order chi connectivity index (χ0) is 23.4. The molecule has 0 saturated heterocycles. The number of pyridine rings is 1. The second-order valence-electron chi connectivity index (χ2n) is 7.00. The number of sulfonamides is 1. The molecular formula is C24H17ClFN3O3S. The molecule has 6 nitrogen and oxygen atoms in total. The predicted octanol–water partition coefficient (Wildman–Crippen LogP) is 5.59. The number of carbonyl (C=O) groups is 1. The van der Waals surface area contributed by atoms with E-state index in [9.17, 15) is 17.6 Å². The number of aromatic nitrogens is 1. The van der Waals surface area contributed by atoms with Crippen molar-refractivity contribution in [3.63, 3.8) is 0 Å². The summed E-state index contributed by atoms with van der Waals surface area (Å²) in [5.41, 5.74) is 2.09. The van der Waals surface area contributed by atoms with E-state index in [0.29, 0.717) is 10.6 Å². The van der Waals surface area contributed by atoms with Gasteiger partial charge in [0.2, 0.25) is 0 Å². The highest BCUT2D eigenvalue weighted by molar-refractivity contribution is 7.92. The molecule has 4 aromatic rings. The van der Waals surface area contributed by atoms with Gasteiger partial charge in [-0.05, 0) is 59.7 Å². The van der Waals surface area contributed by atoms with Crippen LogP contribution in [0.5, 0.6) is 0 Å². The molecule has 0 unspecified atom stereocenters. The van der Waals surface area contributed by atoms with Crippen LogP contribution in [-0.4, -0.2) is 19.3 Å². The zero-order valence-electron chi connectivity index (χ0n) is 17.0. The van der Waals surface area contributed by atoms with Crippen molar-refractivity contribution >= 4 is 38.9 Å². The van der Waals surface area contributed by atoms with Crippen molar-refractivity contribution in [2.75, 3.05) is 10.0 Å². The summed E-state index contributed by atoms with van der Waals surface area (Å²) in [6, 6.07) is 20.2. The highest BCUT2D eigenvalue weighted by atomic mass is 35.5. The van der Waals surface area contributed by atoms with Gasteiger partial charge in [-0.1, -0.05) is 41.9 Å². The summed E-state index contributed by atoms with van der Waals surface area (Å²) in [5.74, 6) is -1.47. The molecule has 2 N–H and O–H groups in total. The number of nitrogens with zero attached hydrogens (tertiary/aromatic N) is 1. The van der Waals surface area contributed by atoms with Gasteiger partial charge in [0, 0.05) is 28.8 Å². The number of nitrogens with one attached hydrogen (secondary N) is 2. The molecule has 0 radical (unpaired) electrons. The van der Waals surface area contributed by atoms with Crippen molar-refractivity contribution in [1.29, 1.82) is 0 Å². The van der Waals surface area contributed by atoms with Crippen LogP contribution in [0.1, 0.15) is 10.4 Å². The Kier molecular flexibility index (Phi) is 6.39. The molecule has 4 rings (SSSR count). The first-order valence-corrected chi connectivity index (χ1v) is 11.6. The molecule has 0 fully saturated rings. The van der Waals surface area contributed by atoms with Gasteiger partial charge in [-0.2, -0.15) is 0 Å². The highest BCUT2D eigenvalue weighted by Crippen LogP contribution is 2.26. The Morgan fingerprint density at radius 1 is 0.909 bits per heavy atom. The summed E-state index contributed by atoms with van der Waals surface area (Å²) < 4.78 is 42.2. The lowest BCUT2D eigenvalue weighted by Crippen LogP contribution is -2.17. The Hall–Kier alpha value is -3.75. The summed E-state index contributed by atoms with van der Waals surface area (Å²) in [4.78, 5) is 16.4. The molecule has 0 atom stereocenters. The summed E-state index contributed by atoms with van der Waals surface area (Å²) in [5, 5.41) is 3.05. The van der Waals surface area contributed by atoms with Crippen molar-refractivity contribution in [2.24, 2.45) is 0 Å². The third-order valence-electron chi connectivity index (χ3n) is 4.73. The van der Waals surface area contributed by atoms with E-state index in [2.05, 4.69) is 15.0 Å². The number of carbonyl (C=O) groups excluding carboxylic acids is 1. The van der Waals surface area contributed by atoms with E-state index in [-0.39, 0.29) is 16.9 Å². The molecule has 1 amide bonds. The van der Waals surface area contributed by atoms with Gasteiger partial charge in [0.05, 0.1) is 5.56 Å². The summed E-state index contributed by atoms with van der Waals surface area (Å²) in [6.07, 6.45) is 2.99. The van der Waals surface area contributed by atoms with Gasteiger partial charge in [-0.15, -0.1) is 0 Å². The van der Waals surface area contributed by atoms with Crippen molar-refractivity contribution in [3.8, 4) is 11.1 Å². The van der Waals surface area contributed by atoms with Crippen LogP contribution in [0.15, 0.2) is 96.2 Å². The van der Waals surface area contributed by atoms with Gasteiger partial charge in [0.15, 0.2) is 0 Å². The van der Waals surface area contributed by atoms with Crippen molar-refractivity contribution < 1.29 is 17.6 Å². The molecule has 0 bridgehead atoms. The van der Waals surface area contributed by atoms with Crippen LogP contribution in [0, 0.1) is 5.82 Å². The molecular weight excluding hydrogens is 465 g/mol. The second kappa shape index (κ2) is 9.40. The fourth-order valence-electron chi connectivity index (χ4n) is 3.16. The third kappa shape index (κ3) is 5.19. The molecule has 3 aromatic carbocycles. The number of anilines is 2. The van der Waals surface area contributed by atoms with Crippen LogP contribution in [0.3, 0.4) is 0 Å². The second-order valence-corrected chi connectivity index (χ2v) is 9.09. The van der Waals surface area contributed by atoms with E-state index in [0.717, 1.165) is 17.7 Å². The fourth-order valence-corrected chi connectivity index (χ4v) is 4.45. The Morgan fingerprint density at radius 2 is 1.61 bits per heavy atom. The lowest BCUT2D eigenvalue weighted by molar-refractivity contribution is 0.102. The Morgan fingerprint density at radius 3 is 2.33 bits per heavy atom. The van der Waals surface area contributed by atoms with E-state index in [1.54, 1.807) is 12.3 Å². The van der Waals surface area contributed by atoms with Gasteiger partial charge in [0.25, 0.3) is 15.9 Å². The molecule has 0 aliphatic heterocycles. The quantitative estimate of drug-likeness (QED) is 0.375. The Balaban J connectivity index is 1.61.